The highest BCUT2D eigenvalue weighted by Crippen LogP contribution is 2.36. The average molecular weight is 485 g/mol. The molecule has 188 valence electrons. The maximum Gasteiger partial charge on any atom is 0.224 e. The molecule has 1 amide bonds. The van der Waals surface area contributed by atoms with E-state index in [1.807, 2.05) is 19.1 Å². The molecule has 0 bridgehead atoms. The molecular formula is C31H36N2O3. The Bertz CT molecular complexity index is 1300. The van der Waals surface area contributed by atoms with Crippen molar-refractivity contribution in [3.8, 4) is 22.8 Å². The molecule has 3 aromatic carbocycles. The number of methoxy groups -OCH3 is 1. The van der Waals surface area contributed by atoms with Crippen LogP contribution in [0.4, 0.5) is 0 Å². The number of ether oxygens (including phenoxy) is 2. The summed E-state index contributed by atoms with van der Waals surface area (Å²) in [6.45, 7) is 8.40. The lowest BCUT2D eigenvalue weighted by Crippen LogP contribution is -2.24. The van der Waals surface area contributed by atoms with E-state index >= 15 is 0 Å². The molecule has 1 N–H and O–H groups in total. The highest BCUT2D eigenvalue weighted by molar-refractivity contribution is 5.92. The molecule has 0 radical (unpaired) electrons. The molecule has 36 heavy (non-hydrogen) atoms. The highest BCUT2D eigenvalue weighted by Gasteiger charge is 2.17. The normalized spacial score (nSPS) is 11.0. The summed E-state index contributed by atoms with van der Waals surface area (Å²) >= 11 is 0. The van der Waals surface area contributed by atoms with Crippen LogP contribution in [0.25, 0.3) is 22.2 Å². The number of fused-ring (bicyclic) bond motifs is 1. The Hall–Kier alpha value is -3.73. The molecule has 4 aromatic rings. The molecule has 5 nitrogen and oxygen atoms in total. The summed E-state index contributed by atoms with van der Waals surface area (Å²) in [4.78, 5) is 12.0. The molecule has 0 saturated carbocycles. The second kappa shape index (κ2) is 11.8. The van der Waals surface area contributed by atoms with Crippen LogP contribution in [0.2, 0.25) is 0 Å². The number of carbonyl (C=O) groups is 1. The van der Waals surface area contributed by atoms with E-state index in [-0.39, 0.29) is 5.91 Å². The smallest absolute Gasteiger partial charge is 0.224 e. The first-order chi connectivity index (χ1) is 17.5. The Kier molecular flexibility index (Phi) is 8.32. The van der Waals surface area contributed by atoms with E-state index in [2.05, 4.69) is 78.3 Å². The number of benzene rings is 3. The zero-order valence-electron chi connectivity index (χ0n) is 21.8. The number of carbonyl (C=O) groups excluding carboxylic acids is 1. The monoisotopic (exact) mass is 484 g/mol. The molecule has 0 aliphatic rings. The zero-order valence-corrected chi connectivity index (χ0v) is 21.8. The van der Waals surface area contributed by atoms with Crippen LogP contribution in [0.1, 0.15) is 43.4 Å². The molecule has 0 unspecified atom stereocenters. The fourth-order valence-electron chi connectivity index (χ4n) is 4.60. The lowest BCUT2D eigenvalue weighted by atomic mass is 10.1. The first-order valence-electron chi connectivity index (χ1n) is 12.8. The van der Waals surface area contributed by atoms with Gasteiger partial charge in [0.15, 0.2) is 0 Å². The van der Waals surface area contributed by atoms with Gasteiger partial charge in [-0.1, -0.05) is 37.6 Å². The van der Waals surface area contributed by atoms with Crippen molar-refractivity contribution in [3.63, 3.8) is 0 Å². The van der Waals surface area contributed by atoms with Crippen molar-refractivity contribution in [2.24, 2.45) is 0 Å². The van der Waals surface area contributed by atoms with Gasteiger partial charge in [-0.15, -0.1) is 0 Å². The van der Waals surface area contributed by atoms with E-state index in [0.29, 0.717) is 13.0 Å². The van der Waals surface area contributed by atoms with Crippen molar-refractivity contribution in [1.29, 1.82) is 0 Å². The third kappa shape index (κ3) is 5.73. The number of amides is 1. The van der Waals surface area contributed by atoms with E-state index in [9.17, 15) is 4.79 Å². The van der Waals surface area contributed by atoms with Gasteiger partial charge in [0.1, 0.15) is 11.5 Å². The van der Waals surface area contributed by atoms with Gasteiger partial charge in [0.25, 0.3) is 0 Å². The lowest BCUT2D eigenvalue weighted by Gasteiger charge is -2.13. The third-order valence-electron chi connectivity index (χ3n) is 6.52. The molecule has 1 heterocycles. The summed E-state index contributed by atoms with van der Waals surface area (Å²) < 4.78 is 13.8. The molecule has 1 aromatic heterocycles. The minimum absolute atomic E-state index is 0.0519. The van der Waals surface area contributed by atoms with Crippen LogP contribution in [0.3, 0.4) is 0 Å². The van der Waals surface area contributed by atoms with Crippen LogP contribution in [-0.2, 0) is 17.8 Å². The Morgan fingerprint density at radius 3 is 2.28 bits per heavy atom. The Labute approximate surface area is 214 Å². The Morgan fingerprint density at radius 2 is 1.61 bits per heavy atom. The number of hydrogen-bond acceptors (Lipinski definition) is 3. The molecule has 0 aliphatic heterocycles. The van der Waals surface area contributed by atoms with Gasteiger partial charge in [0, 0.05) is 24.0 Å². The highest BCUT2D eigenvalue weighted by atomic mass is 16.5. The van der Waals surface area contributed by atoms with Crippen LogP contribution < -0.4 is 14.8 Å². The van der Waals surface area contributed by atoms with Crippen molar-refractivity contribution >= 4 is 16.8 Å². The lowest BCUT2D eigenvalue weighted by molar-refractivity contribution is -0.120. The average Bonchev–Trinajstić information content (AvgIpc) is 3.16. The van der Waals surface area contributed by atoms with E-state index in [4.69, 9.17) is 9.47 Å². The predicted molar refractivity (Wildman–Crippen MR) is 147 cm³/mol. The number of likely N-dealkylation sites (N-methyl/N-ethyl adjacent to an activating group) is 1. The largest absolute Gasteiger partial charge is 0.497 e. The van der Waals surface area contributed by atoms with E-state index < -0.39 is 0 Å². The van der Waals surface area contributed by atoms with E-state index in [1.54, 1.807) is 7.11 Å². The number of unbranched alkanes of at least 4 members (excludes halogenated alkanes) is 1. The first-order valence-corrected chi connectivity index (χ1v) is 12.8. The molecule has 0 saturated heterocycles. The van der Waals surface area contributed by atoms with Crippen molar-refractivity contribution in [2.45, 2.75) is 46.6 Å². The second-order valence-corrected chi connectivity index (χ2v) is 9.12. The van der Waals surface area contributed by atoms with Crippen molar-refractivity contribution in [1.82, 2.24) is 9.88 Å². The molecule has 5 heteroatoms. The number of hydrogen-bond donors (Lipinski definition) is 1. The Morgan fingerprint density at radius 1 is 0.917 bits per heavy atom. The topological polar surface area (TPSA) is 52.5 Å². The summed E-state index contributed by atoms with van der Waals surface area (Å²) in [5.74, 6) is 1.80. The van der Waals surface area contributed by atoms with Crippen LogP contribution in [-0.4, -0.2) is 30.7 Å². The van der Waals surface area contributed by atoms with Crippen molar-refractivity contribution in [3.05, 3.63) is 83.4 Å². The maximum absolute atomic E-state index is 12.0. The molecule has 0 atom stereocenters. The van der Waals surface area contributed by atoms with Crippen LogP contribution in [0, 0.1) is 6.92 Å². The van der Waals surface area contributed by atoms with Gasteiger partial charge in [0.2, 0.25) is 5.91 Å². The van der Waals surface area contributed by atoms with E-state index in [1.165, 1.54) is 27.7 Å². The fourth-order valence-corrected chi connectivity index (χ4v) is 4.60. The molecule has 4 rings (SSSR count). The number of aryl methyl sites for hydroxylation is 1. The number of nitrogens with one attached hydrogen (secondary N) is 1. The minimum Gasteiger partial charge on any atom is -0.497 e. The van der Waals surface area contributed by atoms with Gasteiger partial charge in [-0.3, -0.25) is 4.79 Å². The van der Waals surface area contributed by atoms with Gasteiger partial charge in [-0.05, 0) is 85.0 Å². The minimum atomic E-state index is 0.0519. The molecule has 0 spiro atoms. The standard InChI is InChI=1S/C31H36N2O3/c1-5-7-18-36-27-16-17-29-28(20-27)22(3)31(25-12-14-26(35-4)15-13-25)33(29)21-24-10-8-23(9-11-24)19-30(34)32-6-2/h8-17,20H,5-7,18-19,21H2,1-4H3,(H,32,34). The number of rotatable bonds is 11. The summed E-state index contributed by atoms with van der Waals surface area (Å²) in [6, 6.07) is 23.0. The van der Waals surface area contributed by atoms with E-state index in [0.717, 1.165) is 48.6 Å². The van der Waals surface area contributed by atoms with Crippen LogP contribution >= 0.6 is 0 Å². The SMILES string of the molecule is CCCCOc1ccc2c(c1)c(C)c(-c1ccc(OC)cc1)n2Cc1ccc(CC(=O)NCC)cc1. The summed E-state index contributed by atoms with van der Waals surface area (Å²) in [7, 11) is 1.69. The second-order valence-electron chi connectivity index (χ2n) is 9.12. The zero-order chi connectivity index (χ0) is 25.5. The van der Waals surface area contributed by atoms with Gasteiger partial charge in [-0.2, -0.15) is 0 Å². The van der Waals surface area contributed by atoms with Gasteiger partial charge in [0.05, 0.1) is 25.8 Å². The van der Waals surface area contributed by atoms with Gasteiger partial charge < -0.3 is 19.4 Å². The van der Waals surface area contributed by atoms with Crippen molar-refractivity contribution in [2.75, 3.05) is 20.3 Å². The van der Waals surface area contributed by atoms with Crippen LogP contribution in [0.5, 0.6) is 11.5 Å². The molecule has 0 fully saturated rings. The molecular weight excluding hydrogens is 448 g/mol. The Balaban J connectivity index is 1.71. The third-order valence-corrected chi connectivity index (χ3v) is 6.52. The van der Waals surface area contributed by atoms with Crippen molar-refractivity contribution < 1.29 is 14.3 Å². The summed E-state index contributed by atoms with van der Waals surface area (Å²) in [6.07, 6.45) is 2.56. The number of nitrogens with zero attached hydrogens (tertiary/aromatic N) is 1. The predicted octanol–water partition coefficient (Wildman–Crippen LogP) is 6.53. The summed E-state index contributed by atoms with van der Waals surface area (Å²) in [5.41, 5.74) is 6.93. The first kappa shape index (κ1) is 25.4. The van der Waals surface area contributed by atoms with Gasteiger partial charge >= 0.3 is 0 Å². The van der Waals surface area contributed by atoms with Gasteiger partial charge in [-0.25, -0.2) is 0 Å². The summed E-state index contributed by atoms with van der Waals surface area (Å²) in [5, 5.41) is 4.06. The molecule has 0 aliphatic carbocycles. The van der Waals surface area contributed by atoms with Crippen LogP contribution in [0.15, 0.2) is 66.7 Å². The maximum atomic E-state index is 12.0. The number of aromatic nitrogens is 1. The fraction of sp³-hybridized carbons (Fsp3) is 0.323. The quantitative estimate of drug-likeness (QED) is 0.246.